The van der Waals surface area contributed by atoms with Crippen molar-refractivity contribution in [3.05, 3.63) is 23.8 Å². The van der Waals surface area contributed by atoms with Crippen molar-refractivity contribution in [1.29, 1.82) is 0 Å². The molecule has 0 atom stereocenters. The summed E-state index contributed by atoms with van der Waals surface area (Å²) in [5.74, 6) is 0.572. The fourth-order valence-electron chi connectivity index (χ4n) is 1.27. The summed E-state index contributed by atoms with van der Waals surface area (Å²) in [4.78, 5) is 11.5. The van der Waals surface area contributed by atoms with Crippen LogP contribution in [0.5, 0.6) is 5.75 Å². The van der Waals surface area contributed by atoms with Crippen LogP contribution in [0, 0.1) is 0 Å². The molecule has 14 heavy (non-hydrogen) atoms. The lowest BCUT2D eigenvalue weighted by atomic mass is 10.1. The largest absolute Gasteiger partial charge is 0.491 e. The summed E-state index contributed by atoms with van der Waals surface area (Å²) in [5.41, 5.74) is 6.82. The minimum absolute atomic E-state index is 0.0563. The minimum Gasteiger partial charge on any atom is -0.491 e. The molecule has 1 aromatic rings. The van der Waals surface area contributed by atoms with E-state index in [1.807, 2.05) is 13.8 Å². The standard InChI is InChI=1S/C11H15NO2/c1-3-10(13)8-6-5-7-9(12)11(8)14-4-2/h5-7H,3-4,12H2,1-2H3. The number of ether oxygens (including phenoxy) is 1. The number of ketones is 1. The summed E-state index contributed by atoms with van der Waals surface area (Å²) >= 11 is 0. The van der Waals surface area contributed by atoms with Crippen LogP contribution in [0.25, 0.3) is 0 Å². The van der Waals surface area contributed by atoms with Crippen molar-refractivity contribution in [2.75, 3.05) is 12.3 Å². The highest BCUT2D eigenvalue weighted by atomic mass is 16.5. The molecule has 0 saturated carbocycles. The van der Waals surface area contributed by atoms with Gasteiger partial charge in [0.2, 0.25) is 0 Å². The Bertz CT molecular complexity index is 334. The van der Waals surface area contributed by atoms with Crippen molar-refractivity contribution in [2.24, 2.45) is 0 Å². The van der Waals surface area contributed by atoms with Crippen LogP contribution in [-0.4, -0.2) is 12.4 Å². The zero-order valence-electron chi connectivity index (χ0n) is 8.54. The van der Waals surface area contributed by atoms with E-state index in [2.05, 4.69) is 0 Å². The molecule has 3 heteroatoms. The van der Waals surface area contributed by atoms with Gasteiger partial charge in [-0.25, -0.2) is 0 Å². The van der Waals surface area contributed by atoms with Gasteiger partial charge in [-0.05, 0) is 19.1 Å². The number of hydrogen-bond acceptors (Lipinski definition) is 3. The topological polar surface area (TPSA) is 52.3 Å². The lowest BCUT2D eigenvalue weighted by Crippen LogP contribution is -2.05. The molecule has 2 N–H and O–H groups in total. The second-order valence-electron chi connectivity index (χ2n) is 2.93. The molecule has 0 spiro atoms. The van der Waals surface area contributed by atoms with Gasteiger partial charge in [0, 0.05) is 6.42 Å². The molecule has 0 aromatic heterocycles. The van der Waals surface area contributed by atoms with Crippen LogP contribution in [0.1, 0.15) is 30.6 Å². The fourth-order valence-corrected chi connectivity index (χ4v) is 1.27. The highest BCUT2D eigenvalue weighted by Gasteiger charge is 2.12. The van der Waals surface area contributed by atoms with Crippen molar-refractivity contribution >= 4 is 11.5 Å². The molecule has 3 nitrogen and oxygen atoms in total. The molecule has 1 rings (SSSR count). The number of hydrogen-bond donors (Lipinski definition) is 1. The van der Waals surface area contributed by atoms with Gasteiger partial charge < -0.3 is 10.5 Å². The number of carbonyl (C=O) groups is 1. The Balaban J connectivity index is 3.13. The minimum atomic E-state index is 0.0563. The van der Waals surface area contributed by atoms with E-state index in [9.17, 15) is 4.79 Å². The second kappa shape index (κ2) is 4.65. The molecule has 0 bridgehead atoms. The van der Waals surface area contributed by atoms with E-state index in [0.717, 1.165) is 0 Å². The SMILES string of the molecule is CCOc1c(N)cccc1C(=O)CC. The Morgan fingerprint density at radius 1 is 1.43 bits per heavy atom. The van der Waals surface area contributed by atoms with E-state index in [4.69, 9.17) is 10.5 Å². The highest BCUT2D eigenvalue weighted by Crippen LogP contribution is 2.27. The third kappa shape index (κ3) is 2.05. The Kier molecular flexibility index (Phi) is 3.51. The maximum absolute atomic E-state index is 11.5. The van der Waals surface area contributed by atoms with Crippen molar-refractivity contribution in [3.8, 4) is 5.75 Å². The zero-order valence-corrected chi connectivity index (χ0v) is 8.54. The van der Waals surface area contributed by atoms with Crippen molar-refractivity contribution in [3.63, 3.8) is 0 Å². The maximum atomic E-state index is 11.5. The van der Waals surface area contributed by atoms with Gasteiger partial charge in [-0.1, -0.05) is 13.0 Å². The van der Waals surface area contributed by atoms with Crippen molar-refractivity contribution in [1.82, 2.24) is 0 Å². The predicted molar refractivity (Wildman–Crippen MR) is 56.6 cm³/mol. The van der Waals surface area contributed by atoms with Crippen LogP contribution in [0.2, 0.25) is 0 Å². The quantitative estimate of drug-likeness (QED) is 0.589. The van der Waals surface area contributed by atoms with E-state index >= 15 is 0 Å². The van der Waals surface area contributed by atoms with E-state index in [-0.39, 0.29) is 5.78 Å². The normalized spacial score (nSPS) is 9.86. The smallest absolute Gasteiger partial charge is 0.166 e. The van der Waals surface area contributed by atoms with E-state index in [1.165, 1.54) is 0 Å². The third-order valence-corrected chi connectivity index (χ3v) is 1.96. The van der Waals surface area contributed by atoms with Crippen LogP contribution in [0.3, 0.4) is 0 Å². The molecular formula is C11H15NO2. The number of nitrogen functional groups attached to an aromatic ring is 1. The number of nitrogens with two attached hydrogens (primary N) is 1. The molecular weight excluding hydrogens is 178 g/mol. The monoisotopic (exact) mass is 193 g/mol. The average molecular weight is 193 g/mol. The van der Waals surface area contributed by atoms with Crippen LogP contribution in [0.15, 0.2) is 18.2 Å². The first-order valence-corrected chi connectivity index (χ1v) is 4.75. The second-order valence-corrected chi connectivity index (χ2v) is 2.93. The van der Waals surface area contributed by atoms with Crippen LogP contribution >= 0.6 is 0 Å². The van der Waals surface area contributed by atoms with Gasteiger partial charge >= 0.3 is 0 Å². The van der Waals surface area contributed by atoms with Crippen molar-refractivity contribution in [2.45, 2.75) is 20.3 Å². The lowest BCUT2D eigenvalue weighted by Gasteiger charge is -2.10. The summed E-state index contributed by atoms with van der Waals surface area (Å²) in [7, 11) is 0. The lowest BCUT2D eigenvalue weighted by molar-refractivity contribution is 0.0984. The number of anilines is 1. The van der Waals surface area contributed by atoms with Crippen LogP contribution in [-0.2, 0) is 0 Å². The van der Waals surface area contributed by atoms with Crippen LogP contribution in [0.4, 0.5) is 5.69 Å². The first-order valence-electron chi connectivity index (χ1n) is 4.75. The molecule has 0 aliphatic carbocycles. The molecule has 0 heterocycles. The van der Waals surface area contributed by atoms with Gasteiger partial charge in [-0.3, -0.25) is 4.79 Å². The number of carbonyl (C=O) groups excluding carboxylic acids is 1. The van der Waals surface area contributed by atoms with E-state index in [0.29, 0.717) is 30.0 Å². The van der Waals surface area contributed by atoms with E-state index in [1.54, 1.807) is 18.2 Å². The van der Waals surface area contributed by atoms with E-state index < -0.39 is 0 Å². The van der Waals surface area contributed by atoms with Gasteiger partial charge in [0.1, 0.15) is 0 Å². The molecule has 76 valence electrons. The molecule has 0 amide bonds. The van der Waals surface area contributed by atoms with Gasteiger partial charge in [-0.2, -0.15) is 0 Å². The van der Waals surface area contributed by atoms with Gasteiger partial charge in [-0.15, -0.1) is 0 Å². The predicted octanol–water partition coefficient (Wildman–Crippen LogP) is 2.26. The Labute approximate surface area is 83.9 Å². The van der Waals surface area contributed by atoms with Gasteiger partial charge in [0.05, 0.1) is 17.9 Å². The number of benzene rings is 1. The molecule has 0 fully saturated rings. The molecule has 0 aliphatic heterocycles. The Hall–Kier alpha value is -1.51. The number of para-hydroxylation sites is 1. The molecule has 0 unspecified atom stereocenters. The maximum Gasteiger partial charge on any atom is 0.166 e. The third-order valence-electron chi connectivity index (χ3n) is 1.96. The average Bonchev–Trinajstić information content (AvgIpc) is 2.20. The summed E-state index contributed by atoms with van der Waals surface area (Å²) < 4.78 is 5.34. The van der Waals surface area contributed by atoms with Gasteiger partial charge in [0.25, 0.3) is 0 Å². The molecule has 0 radical (unpaired) electrons. The zero-order chi connectivity index (χ0) is 10.6. The Morgan fingerprint density at radius 3 is 2.71 bits per heavy atom. The van der Waals surface area contributed by atoms with Crippen molar-refractivity contribution < 1.29 is 9.53 Å². The summed E-state index contributed by atoms with van der Waals surface area (Å²) in [6.07, 6.45) is 0.462. The number of rotatable bonds is 4. The fraction of sp³-hybridized carbons (Fsp3) is 0.364. The van der Waals surface area contributed by atoms with Crippen LogP contribution < -0.4 is 10.5 Å². The summed E-state index contributed by atoms with van der Waals surface area (Å²) in [5, 5.41) is 0. The molecule has 0 aliphatic rings. The summed E-state index contributed by atoms with van der Waals surface area (Å²) in [6.45, 7) is 4.20. The molecule has 0 saturated heterocycles. The highest BCUT2D eigenvalue weighted by molar-refractivity contribution is 6.00. The molecule has 1 aromatic carbocycles. The first-order chi connectivity index (χ1) is 6.70. The number of Topliss-reactive ketones (excluding diaryl/α,β-unsaturated/α-hetero) is 1. The Morgan fingerprint density at radius 2 is 2.14 bits per heavy atom. The summed E-state index contributed by atoms with van der Waals surface area (Å²) in [6, 6.07) is 5.24. The van der Waals surface area contributed by atoms with Gasteiger partial charge in [0.15, 0.2) is 11.5 Å². The first kappa shape index (κ1) is 10.6.